The van der Waals surface area contributed by atoms with Crippen LogP contribution >= 0.6 is 11.8 Å². The molecule has 0 saturated carbocycles. The van der Waals surface area contributed by atoms with E-state index in [1.54, 1.807) is 0 Å². The van der Waals surface area contributed by atoms with Crippen molar-refractivity contribution >= 4 is 11.8 Å². The zero-order valence-electron chi connectivity index (χ0n) is 9.77. The molecular formula is C13H18O2S. The molecule has 2 unspecified atom stereocenters. The lowest BCUT2D eigenvalue weighted by Gasteiger charge is -2.18. The van der Waals surface area contributed by atoms with Crippen LogP contribution in [0.1, 0.15) is 31.1 Å². The van der Waals surface area contributed by atoms with Crippen molar-refractivity contribution in [1.29, 1.82) is 0 Å². The van der Waals surface area contributed by atoms with Gasteiger partial charge in [0, 0.05) is 5.75 Å². The predicted molar refractivity (Wildman–Crippen MR) is 67.9 cm³/mol. The zero-order chi connectivity index (χ0) is 11.5. The smallest absolute Gasteiger partial charge is 0.119 e. The van der Waals surface area contributed by atoms with Crippen molar-refractivity contribution in [1.82, 2.24) is 0 Å². The molecule has 0 amide bonds. The van der Waals surface area contributed by atoms with E-state index < -0.39 is 0 Å². The third-order valence-corrected chi connectivity index (χ3v) is 4.20. The zero-order valence-corrected chi connectivity index (χ0v) is 10.6. The molecule has 3 heteroatoms. The largest absolute Gasteiger partial charge is 0.494 e. The fourth-order valence-corrected chi connectivity index (χ4v) is 3.14. The molecule has 1 aromatic rings. The molecule has 1 aliphatic heterocycles. The first kappa shape index (κ1) is 11.8. The molecule has 0 saturated heterocycles. The summed E-state index contributed by atoms with van der Waals surface area (Å²) in [6, 6.07) is 6.06. The molecule has 1 aliphatic rings. The van der Waals surface area contributed by atoms with Crippen molar-refractivity contribution in [2.75, 3.05) is 12.4 Å². The number of thioether (sulfide) groups is 1. The maximum absolute atomic E-state index is 10.2. The number of ether oxygens (including phenoxy) is 1. The molecular weight excluding hydrogens is 220 g/mol. The Morgan fingerprint density at radius 3 is 3.06 bits per heavy atom. The Balaban J connectivity index is 2.34. The standard InChI is InChI=1S/C13H18O2S/c1-3-15-11-5-4-10-8-16-7-9(2)13(14)12(10)6-11/h4-6,9,13-14H,3,7-8H2,1-2H3. The minimum absolute atomic E-state index is 0.308. The summed E-state index contributed by atoms with van der Waals surface area (Å²) in [5.74, 6) is 3.17. The molecule has 2 nitrogen and oxygen atoms in total. The molecule has 0 radical (unpaired) electrons. The summed E-state index contributed by atoms with van der Waals surface area (Å²) >= 11 is 1.89. The fourth-order valence-electron chi connectivity index (χ4n) is 1.99. The Kier molecular flexibility index (Phi) is 3.77. The van der Waals surface area contributed by atoms with Gasteiger partial charge in [-0.25, -0.2) is 0 Å². The van der Waals surface area contributed by atoms with E-state index in [4.69, 9.17) is 4.74 Å². The average molecular weight is 238 g/mol. The van der Waals surface area contributed by atoms with Crippen molar-refractivity contribution in [2.24, 2.45) is 5.92 Å². The van der Waals surface area contributed by atoms with Crippen molar-refractivity contribution in [3.05, 3.63) is 29.3 Å². The van der Waals surface area contributed by atoms with Crippen LogP contribution in [-0.4, -0.2) is 17.5 Å². The first-order chi connectivity index (χ1) is 7.72. The highest BCUT2D eigenvalue weighted by atomic mass is 32.2. The van der Waals surface area contributed by atoms with Gasteiger partial charge in [-0.1, -0.05) is 13.0 Å². The van der Waals surface area contributed by atoms with Crippen LogP contribution in [0.5, 0.6) is 5.75 Å². The van der Waals surface area contributed by atoms with E-state index in [9.17, 15) is 5.11 Å². The lowest BCUT2D eigenvalue weighted by atomic mass is 9.95. The Morgan fingerprint density at radius 2 is 2.31 bits per heavy atom. The lowest BCUT2D eigenvalue weighted by Crippen LogP contribution is -2.10. The highest BCUT2D eigenvalue weighted by Gasteiger charge is 2.23. The Morgan fingerprint density at radius 1 is 1.50 bits per heavy atom. The summed E-state index contributed by atoms with van der Waals surface area (Å²) in [4.78, 5) is 0. The third kappa shape index (κ3) is 2.36. The molecule has 2 atom stereocenters. The number of hydrogen-bond acceptors (Lipinski definition) is 3. The van der Waals surface area contributed by atoms with E-state index >= 15 is 0 Å². The van der Waals surface area contributed by atoms with Crippen LogP contribution in [0.2, 0.25) is 0 Å². The Bertz CT molecular complexity index is 365. The second kappa shape index (κ2) is 5.11. The second-order valence-corrected chi connectivity index (χ2v) is 5.26. The van der Waals surface area contributed by atoms with Crippen molar-refractivity contribution < 1.29 is 9.84 Å². The van der Waals surface area contributed by atoms with Gasteiger partial charge in [0.2, 0.25) is 0 Å². The van der Waals surface area contributed by atoms with Gasteiger partial charge >= 0.3 is 0 Å². The van der Waals surface area contributed by atoms with Crippen molar-refractivity contribution in [2.45, 2.75) is 25.7 Å². The number of aliphatic hydroxyl groups excluding tert-OH is 1. The Labute approximate surface area is 101 Å². The van der Waals surface area contributed by atoms with Crippen molar-refractivity contribution in [3.8, 4) is 5.75 Å². The molecule has 1 aromatic carbocycles. The van der Waals surface area contributed by atoms with Gasteiger partial charge in [0.25, 0.3) is 0 Å². The first-order valence-corrected chi connectivity index (χ1v) is 6.89. The molecule has 0 bridgehead atoms. The number of fused-ring (bicyclic) bond motifs is 1. The lowest BCUT2D eigenvalue weighted by molar-refractivity contribution is 0.129. The summed E-state index contributed by atoms with van der Waals surface area (Å²) in [5.41, 5.74) is 2.29. The molecule has 88 valence electrons. The van der Waals surface area contributed by atoms with E-state index in [0.29, 0.717) is 12.5 Å². The molecule has 0 aromatic heterocycles. The Hall–Kier alpha value is -0.670. The van der Waals surface area contributed by atoms with Gasteiger partial charge in [-0.15, -0.1) is 0 Å². The van der Waals surface area contributed by atoms with E-state index in [1.165, 1.54) is 5.56 Å². The molecule has 2 rings (SSSR count). The molecule has 0 aliphatic carbocycles. The highest BCUT2D eigenvalue weighted by Crippen LogP contribution is 2.35. The molecule has 16 heavy (non-hydrogen) atoms. The van der Waals surface area contributed by atoms with Gasteiger partial charge in [0.15, 0.2) is 0 Å². The third-order valence-electron chi connectivity index (χ3n) is 2.92. The van der Waals surface area contributed by atoms with Gasteiger partial charge in [-0.2, -0.15) is 11.8 Å². The maximum Gasteiger partial charge on any atom is 0.119 e. The van der Waals surface area contributed by atoms with Crippen LogP contribution in [0.15, 0.2) is 18.2 Å². The SMILES string of the molecule is CCOc1ccc2c(c1)C(O)C(C)CSC2. The summed E-state index contributed by atoms with van der Waals surface area (Å²) in [7, 11) is 0. The molecule has 0 fully saturated rings. The monoisotopic (exact) mass is 238 g/mol. The second-order valence-electron chi connectivity index (χ2n) is 4.23. The quantitative estimate of drug-likeness (QED) is 0.859. The van der Waals surface area contributed by atoms with Gasteiger partial charge in [-0.05, 0) is 41.9 Å². The van der Waals surface area contributed by atoms with Gasteiger partial charge in [-0.3, -0.25) is 0 Å². The van der Waals surface area contributed by atoms with E-state index in [2.05, 4.69) is 13.0 Å². The van der Waals surface area contributed by atoms with Crippen LogP contribution in [0.4, 0.5) is 0 Å². The number of aliphatic hydroxyl groups is 1. The highest BCUT2D eigenvalue weighted by molar-refractivity contribution is 7.98. The molecule has 1 heterocycles. The number of hydrogen-bond donors (Lipinski definition) is 1. The van der Waals surface area contributed by atoms with Crippen molar-refractivity contribution in [3.63, 3.8) is 0 Å². The average Bonchev–Trinajstić information content (AvgIpc) is 2.42. The normalized spacial score (nSPS) is 24.7. The fraction of sp³-hybridized carbons (Fsp3) is 0.538. The van der Waals surface area contributed by atoms with E-state index in [-0.39, 0.29) is 6.10 Å². The maximum atomic E-state index is 10.2. The van der Waals surface area contributed by atoms with Crippen LogP contribution in [0.3, 0.4) is 0 Å². The number of rotatable bonds is 2. The minimum Gasteiger partial charge on any atom is -0.494 e. The number of benzene rings is 1. The van der Waals surface area contributed by atoms with Crippen LogP contribution < -0.4 is 4.74 Å². The van der Waals surface area contributed by atoms with E-state index in [0.717, 1.165) is 22.8 Å². The van der Waals surface area contributed by atoms with Crippen LogP contribution in [-0.2, 0) is 5.75 Å². The summed E-state index contributed by atoms with van der Waals surface area (Å²) < 4.78 is 5.48. The first-order valence-electron chi connectivity index (χ1n) is 5.73. The van der Waals surface area contributed by atoms with Gasteiger partial charge < -0.3 is 9.84 Å². The summed E-state index contributed by atoms with van der Waals surface area (Å²) in [6.07, 6.45) is -0.356. The molecule has 1 N–H and O–H groups in total. The van der Waals surface area contributed by atoms with E-state index in [1.807, 2.05) is 30.8 Å². The minimum atomic E-state index is -0.356. The topological polar surface area (TPSA) is 29.5 Å². The predicted octanol–water partition coefficient (Wildman–Crippen LogP) is 3.00. The van der Waals surface area contributed by atoms with Crippen LogP contribution in [0, 0.1) is 5.92 Å². The van der Waals surface area contributed by atoms with Crippen LogP contribution in [0.25, 0.3) is 0 Å². The molecule has 0 spiro atoms. The van der Waals surface area contributed by atoms with Gasteiger partial charge in [0.1, 0.15) is 5.75 Å². The summed E-state index contributed by atoms with van der Waals surface area (Å²) in [6.45, 7) is 4.74. The summed E-state index contributed by atoms with van der Waals surface area (Å²) in [5, 5.41) is 10.2. The van der Waals surface area contributed by atoms with Gasteiger partial charge in [0.05, 0.1) is 12.7 Å².